The minimum Gasteiger partial charge on any atom is -0.449 e. The summed E-state index contributed by atoms with van der Waals surface area (Å²) in [7, 11) is 0. The molecule has 0 aromatic carbocycles. The average molecular weight is 244 g/mol. The number of carbonyl (C=O) groups excluding carboxylic acids is 1. The standard InChI is InChI=1S/C11H16O6/c1-7(12)3-4-10(2,16)11(5-6-11)8(13)17-9(14)15/h3-4,7,12,16H,5-6H2,1-2H3,(H,14,15). The predicted octanol–water partition coefficient (Wildman–Crippen LogP) is 0.676. The normalized spacial score (nSPS) is 22.8. The molecule has 96 valence electrons. The zero-order valence-corrected chi connectivity index (χ0v) is 9.71. The number of hydrogen-bond donors (Lipinski definition) is 3. The van der Waals surface area contributed by atoms with Crippen LogP contribution in [0.5, 0.6) is 0 Å². The van der Waals surface area contributed by atoms with Crippen LogP contribution in [0.25, 0.3) is 0 Å². The van der Waals surface area contributed by atoms with E-state index in [0.717, 1.165) is 0 Å². The van der Waals surface area contributed by atoms with E-state index in [-0.39, 0.29) is 0 Å². The molecule has 0 saturated heterocycles. The summed E-state index contributed by atoms with van der Waals surface area (Å²) in [5.41, 5.74) is -2.74. The van der Waals surface area contributed by atoms with Crippen molar-refractivity contribution in [1.29, 1.82) is 0 Å². The number of rotatable bonds is 4. The molecule has 6 nitrogen and oxygen atoms in total. The van der Waals surface area contributed by atoms with Crippen LogP contribution in [0.4, 0.5) is 4.79 Å². The molecule has 0 spiro atoms. The summed E-state index contributed by atoms with van der Waals surface area (Å²) in [4.78, 5) is 21.9. The van der Waals surface area contributed by atoms with Crippen molar-refractivity contribution in [2.45, 2.75) is 38.4 Å². The van der Waals surface area contributed by atoms with Gasteiger partial charge >= 0.3 is 12.1 Å². The van der Waals surface area contributed by atoms with Crippen molar-refractivity contribution in [2.75, 3.05) is 0 Å². The zero-order valence-electron chi connectivity index (χ0n) is 9.71. The minimum atomic E-state index is -1.68. The summed E-state index contributed by atoms with van der Waals surface area (Å²) < 4.78 is 4.09. The molecule has 1 rings (SSSR count). The van der Waals surface area contributed by atoms with E-state index >= 15 is 0 Å². The number of hydrogen-bond acceptors (Lipinski definition) is 5. The number of aliphatic hydroxyl groups excluding tert-OH is 1. The maximum atomic E-state index is 11.6. The fourth-order valence-electron chi connectivity index (χ4n) is 1.71. The van der Waals surface area contributed by atoms with Crippen molar-refractivity contribution in [2.24, 2.45) is 5.41 Å². The van der Waals surface area contributed by atoms with Crippen molar-refractivity contribution in [3.05, 3.63) is 12.2 Å². The van der Waals surface area contributed by atoms with Crippen LogP contribution in [0.2, 0.25) is 0 Å². The molecular weight excluding hydrogens is 228 g/mol. The number of esters is 1. The monoisotopic (exact) mass is 244 g/mol. The Morgan fingerprint density at radius 1 is 1.47 bits per heavy atom. The second-order valence-corrected chi connectivity index (χ2v) is 4.48. The van der Waals surface area contributed by atoms with Crippen LogP contribution in [0.3, 0.4) is 0 Å². The Hall–Kier alpha value is -1.40. The van der Waals surface area contributed by atoms with Gasteiger partial charge in [0.05, 0.1) is 11.7 Å². The summed E-state index contributed by atoms with van der Waals surface area (Å²) in [6.07, 6.45) is 0.915. The van der Waals surface area contributed by atoms with E-state index in [1.165, 1.54) is 26.0 Å². The highest BCUT2D eigenvalue weighted by molar-refractivity contribution is 5.89. The number of ether oxygens (including phenoxy) is 1. The van der Waals surface area contributed by atoms with E-state index in [1.807, 2.05) is 0 Å². The smallest absolute Gasteiger partial charge is 0.449 e. The Balaban J connectivity index is 2.83. The van der Waals surface area contributed by atoms with Crippen LogP contribution < -0.4 is 0 Å². The summed E-state index contributed by atoms with van der Waals surface area (Å²) in [6.45, 7) is 2.89. The van der Waals surface area contributed by atoms with Gasteiger partial charge in [0.15, 0.2) is 0 Å². The van der Waals surface area contributed by atoms with Gasteiger partial charge in [0.25, 0.3) is 0 Å². The molecule has 6 heteroatoms. The average Bonchev–Trinajstić information content (AvgIpc) is 2.94. The van der Waals surface area contributed by atoms with Gasteiger partial charge in [-0.2, -0.15) is 0 Å². The molecule has 0 amide bonds. The Morgan fingerprint density at radius 2 is 2.00 bits per heavy atom. The van der Waals surface area contributed by atoms with E-state index < -0.39 is 29.2 Å². The fraction of sp³-hybridized carbons (Fsp3) is 0.636. The molecule has 0 aliphatic heterocycles. The minimum absolute atomic E-state index is 0.357. The van der Waals surface area contributed by atoms with Gasteiger partial charge < -0.3 is 20.1 Å². The van der Waals surface area contributed by atoms with Gasteiger partial charge in [-0.05, 0) is 26.7 Å². The molecule has 0 bridgehead atoms. The van der Waals surface area contributed by atoms with Crippen LogP contribution in [-0.4, -0.2) is 39.1 Å². The molecule has 0 radical (unpaired) electrons. The number of aliphatic hydroxyl groups is 2. The van der Waals surface area contributed by atoms with Crippen LogP contribution in [0.1, 0.15) is 26.7 Å². The van der Waals surface area contributed by atoms with E-state index in [0.29, 0.717) is 12.8 Å². The topological polar surface area (TPSA) is 104 Å². The first kappa shape index (κ1) is 13.7. The van der Waals surface area contributed by atoms with E-state index in [4.69, 9.17) is 10.2 Å². The van der Waals surface area contributed by atoms with Crippen LogP contribution in [-0.2, 0) is 9.53 Å². The summed E-state index contributed by atoms with van der Waals surface area (Å²) in [5.74, 6) is -0.953. The van der Waals surface area contributed by atoms with Crippen molar-refractivity contribution < 1.29 is 29.6 Å². The van der Waals surface area contributed by atoms with Crippen molar-refractivity contribution in [1.82, 2.24) is 0 Å². The Labute approximate surface area is 98.5 Å². The molecule has 17 heavy (non-hydrogen) atoms. The van der Waals surface area contributed by atoms with Gasteiger partial charge in [-0.15, -0.1) is 0 Å². The van der Waals surface area contributed by atoms with E-state index in [1.54, 1.807) is 0 Å². The molecule has 0 aromatic heterocycles. The van der Waals surface area contributed by atoms with Gasteiger partial charge in [-0.3, -0.25) is 4.79 Å². The quantitative estimate of drug-likeness (QED) is 0.381. The molecule has 1 saturated carbocycles. The third kappa shape index (κ3) is 2.83. The second-order valence-electron chi connectivity index (χ2n) is 4.48. The summed E-state index contributed by atoms with van der Waals surface area (Å²) in [6, 6.07) is 0. The molecule has 2 unspecified atom stereocenters. The third-order valence-electron chi connectivity index (χ3n) is 2.99. The number of carbonyl (C=O) groups is 2. The zero-order chi connectivity index (χ0) is 13.3. The first-order chi connectivity index (χ1) is 7.71. The molecule has 1 aliphatic carbocycles. The van der Waals surface area contributed by atoms with Crippen molar-refractivity contribution in [3.8, 4) is 0 Å². The fourth-order valence-corrected chi connectivity index (χ4v) is 1.71. The van der Waals surface area contributed by atoms with Crippen LogP contribution in [0, 0.1) is 5.41 Å². The second kappa shape index (κ2) is 4.46. The Morgan fingerprint density at radius 3 is 2.35 bits per heavy atom. The van der Waals surface area contributed by atoms with E-state index in [9.17, 15) is 14.7 Å². The maximum Gasteiger partial charge on any atom is 0.513 e. The van der Waals surface area contributed by atoms with Crippen molar-refractivity contribution >= 4 is 12.1 Å². The van der Waals surface area contributed by atoms with Gasteiger partial charge in [0.2, 0.25) is 0 Å². The lowest BCUT2D eigenvalue weighted by Gasteiger charge is -2.27. The summed E-state index contributed by atoms with van der Waals surface area (Å²) >= 11 is 0. The van der Waals surface area contributed by atoms with E-state index in [2.05, 4.69) is 4.74 Å². The van der Waals surface area contributed by atoms with Gasteiger partial charge in [0.1, 0.15) is 5.41 Å². The first-order valence-corrected chi connectivity index (χ1v) is 5.26. The molecule has 3 N–H and O–H groups in total. The highest BCUT2D eigenvalue weighted by Gasteiger charge is 2.62. The van der Waals surface area contributed by atoms with Gasteiger partial charge in [-0.25, -0.2) is 4.79 Å². The molecule has 1 fully saturated rings. The highest BCUT2D eigenvalue weighted by atomic mass is 16.7. The predicted molar refractivity (Wildman–Crippen MR) is 57.2 cm³/mol. The Bertz CT molecular complexity index is 351. The van der Waals surface area contributed by atoms with Crippen LogP contribution >= 0.6 is 0 Å². The first-order valence-electron chi connectivity index (χ1n) is 5.26. The molecule has 1 aliphatic rings. The summed E-state index contributed by atoms with van der Waals surface area (Å²) in [5, 5.41) is 27.6. The van der Waals surface area contributed by atoms with Gasteiger partial charge in [0, 0.05) is 0 Å². The lowest BCUT2D eigenvalue weighted by Crippen LogP contribution is -2.41. The highest BCUT2D eigenvalue weighted by Crippen LogP contribution is 2.55. The van der Waals surface area contributed by atoms with Crippen molar-refractivity contribution in [3.63, 3.8) is 0 Å². The molecular formula is C11H16O6. The number of carboxylic acid groups (broad SMARTS) is 1. The lowest BCUT2D eigenvalue weighted by atomic mass is 9.85. The lowest BCUT2D eigenvalue weighted by molar-refractivity contribution is -0.153. The Kier molecular flexibility index (Phi) is 3.59. The maximum absolute atomic E-state index is 11.6. The van der Waals surface area contributed by atoms with Gasteiger partial charge in [-0.1, -0.05) is 12.2 Å². The third-order valence-corrected chi connectivity index (χ3v) is 2.99. The SMILES string of the molecule is CC(O)C=CC(C)(O)C1(C(=O)OC(=O)O)CC1. The van der Waals surface area contributed by atoms with Crippen LogP contribution in [0.15, 0.2) is 12.2 Å². The molecule has 0 heterocycles. The molecule has 0 aromatic rings. The largest absolute Gasteiger partial charge is 0.513 e. The molecule has 2 atom stereocenters.